The number of aliphatic hydroxyl groups is 2. The van der Waals surface area contributed by atoms with Gasteiger partial charge in [0, 0.05) is 16.7 Å². The standard InChI is InChI=1S/C34H41F4N3O7S/c1-19(2)32(41-49(45)31(4,5)6)18-48-29-24(32)15-27(40-28(29)21-8-11-23(35)12-9-21)33(44,34(36,37)38)17-39-30(43)22-10-13-25(26(14-22)46-7)47-16-20(3)42/h8-15,19-20,41-42,44H,16-18H2,1-7H3,(H,39,43)/t20-,32?,33?,49?/m1/s1. The van der Waals surface area contributed by atoms with Crippen molar-refractivity contribution >= 4 is 16.9 Å². The summed E-state index contributed by atoms with van der Waals surface area (Å²) in [4.78, 5) is 17.4. The number of nitrogens with one attached hydrogen (secondary N) is 2. The third-order valence-electron chi connectivity index (χ3n) is 8.14. The fourth-order valence-corrected chi connectivity index (χ4v) is 6.11. The Morgan fingerprint density at radius 2 is 1.73 bits per heavy atom. The van der Waals surface area contributed by atoms with Gasteiger partial charge in [-0.25, -0.2) is 18.3 Å². The number of rotatable bonds is 12. The van der Waals surface area contributed by atoms with Crippen LogP contribution in [0.25, 0.3) is 11.3 Å². The van der Waals surface area contributed by atoms with Crippen LogP contribution in [0, 0.1) is 11.7 Å². The van der Waals surface area contributed by atoms with Crippen molar-refractivity contribution in [2.75, 3.05) is 26.9 Å². The number of ether oxygens (including phenoxy) is 3. The van der Waals surface area contributed by atoms with Gasteiger partial charge in [0.1, 0.15) is 24.7 Å². The molecule has 1 aliphatic rings. The smallest absolute Gasteiger partial charge is 0.424 e. The maximum atomic E-state index is 15.0. The molecule has 268 valence electrons. The quantitative estimate of drug-likeness (QED) is 0.190. The molecule has 1 aliphatic heterocycles. The molecule has 15 heteroatoms. The summed E-state index contributed by atoms with van der Waals surface area (Å²) in [5, 5.41) is 23.2. The van der Waals surface area contributed by atoms with Gasteiger partial charge in [0.2, 0.25) is 5.60 Å². The molecule has 3 unspecified atom stereocenters. The van der Waals surface area contributed by atoms with E-state index in [4.69, 9.17) is 14.2 Å². The molecule has 0 spiro atoms. The second-order valence-corrected chi connectivity index (χ2v) is 15.2. The first-order valence-corrected chi connectivity index (χ1v) is 16.6. The number of fused-ring (bicyclic) bond motifs is 1. The molecule has 4 atom stereocenters. The van der Waals surface area contributed by atoms with Crippen LogP contribution in [0.15, 0.2) is 48.5 Å². The van der Waals surface area contributed by atoms with Crippen LogP contribution in [0.4, 0.5) is 17.6 Å². The summed E-state index contributed by atoms with van der Waals surface area (Å²) in [5.74, 6) is -1.58. The Morgan fingerprint density at radius 3 is 2.29 bits per heavy atom. The highest BCUT2D eigenvalue weighted by atomic mass is 32.2. The van der Waals surface area contributed by atoms with Crippen molar-refractivity contribution in [3.63, 3.8) is 0 Å². The number of carbonyl (C=O) groups is 1. The number of halogens is 4. The number of hydrogen-bond acceptors (Lipinski definition) is 8. The SMILES string of the molecule is COc1cc(C(=O)NCC(O)(c2cc3c(c(-c4ccc(F)cc4)n2)OCC3(NS(=O)C(C)(C)C)C(C)C)C(F)(F)F)ccc1OC[C@@H](C)O. The summed E-state index contributed by atoms with van der Waals surface area (Å²) in [6.45, 7) is 8.75. The Hall–Kier alpha value is -3.79. The average molecular weight is 712 g/mol. The van der Waals surface area contributed by atoms with Crippen LogP contribution in [0.2, 0.25) is 0 Å². The number of carbonyl (C=O) groups excluding carboxylic acids is 1. The van der Waals surface area contributed by atoms with Crippen molar-refractivity contribution < 1.29 is 51.0 Å². The monoisotopic (exact) mass is 711 g/mol. The second-order valence-electron chi connectivity index (χ2n) is 13.2. The molecule has 3 aromatic rings. The van der Waals surface area contributed by atoms with Gasteiger partial charge >= 0.3 is 6.18 Å². The van der Waals surface area contributed by atoms with E-state index in [-0.39, 0.29) is 52.8 Å². The van der Waals surface area contributed by atoms with Crippen molar-refractivity contribution in [1.29, 1.82) is 0 Å². The van der Waals surface area contributed by atoms with E-state index in [2.05, 4.69) is 15.0 Å². The number of nitrogens with zero attached hydrogens (tertiary/aromatic N) is 1. The molecule has 0 fully saturated rings. The molecule has 4 rings (SSSR count). The molecule has 4 N–H and O–H groups in total. The van der Waals surface area contributed by atoms with Crippen LogP contribution in [0.5, 0.6) is 17.2 Å². The van der Waals surface area contributed by atoms with Gasteiger partial charge in [-0.15, -0.1) is 0 Å². The number of pyridine rings is 1. The van der Waals surface area contributed by atoms with Gasteiger partial charge in [-0.1, -0.05) is 13.8 Å². The number of benzene rings is 2. The van der Waals surface area contributed by atoms with Crippen LogP contribution in [0.1, 0.15) is 63.2 Å². The zero-order valence-electron chi connectivity index (χ0n) is 28.2. The molecule has 10 nitrogen and oxygen atoms in total. The van der Waals surface area contributed by atoms with E-state index in [1.165, 1.54) is 44.4 Å². The molecular formula is C34H41F4N3O7S. The van der Waals surface area contributed by atoms with Gasteiger partial charge < -0.3 is 29.7 Å². The van der Waals surface area contributed by atoms with Crippen molar-refractivity contribution in [2.45, 2.75) is 69.7 Å². The summed E-state index contributed by atoms with van der Waals surface area (Å²) >= 11 is 0. The lowest BCUT2D eigenvalue weighted by atomic mass is 9.81. The fraction of sp³-hybridized carbons (Fsp3) is 0.471. The lowest BCUT2D eigenvalue weighted by molar-refractivity contribution is -0.265. The summed E-state index contributed by atoms with van der Waals surface area (Å²) in [5.41, 5.74) is -5.72. The van der Waals surface area contributed by atoms with Crippen LogP contribution >= 0.6 is 0 Å². The third-order valence-corrected chi connectivity index (χ3v) is 9.80. The molecule has 2 aromatic carbocycles. The Morgan fingerprint density at radius 1 is 1.08 bits per heavy atom. The second kappa shape index (κ2) is 14.2. The first kappa shape index (κ1) is 38.0. The Kier molecular flexibility index (Phi) is 11.0. The van der Waals surface area contributed by atoms with Gasteiger partial charge in [0.15, 0.2) is 17.2 Å². The molecule has 2 heterocycles. The molecule has 0 saturated heterocycles. The largest absolute Gasteiger partial charge is 0.493 e. The van der Waals surface area contributed by atoms with Crippen LogP contribution < -0.4 is 24.2 Å². The topological polar surface area (TPSA) is 139 Å². The summed E-state index contributed by atoms with van der Waals surface area (Å²) < 4.78 is 91.3. The van der Waals surface area contributed by atoms with E-state index in [0.29, 0.717) is 0 Å². The lowest BCUT2D eigenvalue weighted by Gasteiger charge is -2.36. The van der Waals surface area contributed by atoms with Gasteiger partial charge in [0.25, 0.3) is 5.91 Å². The molecule has 1 amide bonds. The van der Waals surface area contributed by atoms with Gasteiger partial charge in [-0.2, -0.15) is 13.2 Å². The predicted molar refractivity (Wildman–Crippen MR) is 175 cm³/mol. The van der Waals surface area contributed by atoms with E-state index in [9.17, 15) is 36.8 Å². The summed E-state index contributed by atoms with van der Waals surface area (Å²) in [7, 11) is -0.401. The third kappa shape index (κ3) is 7.84. The maximum absolute atomic E-state index is 15.0. The van der Waals surface area contributed by atoms with Gasteiger partial charge in [0.05, 0.1) is 46.7 Å². The number of aromatic nitrogens is 1. The summed E-state index contributed by atoms with van der Waals surface area (Å²) in [6.07, 6.45) is -6.16. The highest BCUT2D eigenvalue weighted by Crippen LogP contribution is 2.49. The Labute approximate surface area is 284 Å². The lowest BCUT2D eigenvalue weighted by Crippen LogP contribution is -2.53. The van der Waals surface area contributed by atoms with E-state index < -0.39 is 69.0 Å². The van der Waals surface area contributed by atoms with Crippen LogP contribution in [0.3, 0.4) is 0 Å². The number of aliphatic hydroxyl groups excluding tert-OH is 1. The van der Waals surface area contributed by atoms with E-state index in [1.807, 2.05) is 0 Å². The number of amides is 1. The molecule has 1 aromatic heterocycles. The normalized spacial score (nSPS) is 18.7. The van der Waals surface area contributed by atoms with E-state index in [0.717, 1.165) is 18.2 Å². The van der Waals surface area contributed by atoms with Gasteiger partial charge in [-0.3, -0.25) is 4.79 Å². The number of hydrogen-bond donors (Lipinski definition) is 4. The fourth-order valence-electron chi connectivity index (χ4n) is 5.07. The minimum absolute atomic E-state index is 0.0705. The first-order valence-electron chi connectivity index (χ1n) is 15.4. The van der Waals surface area contributed by atoms with Crippen LogP contribution in [-0.4, -0.2) is 69.2 Å². The molecular weight excluding hydrogens is 670 g/mol. The molecule has 49 heavy (non-hydrogen) atoms. The highest BCUT2D eigenvalue weighted by molar-refractivity contribution is 7.84. The number of methoxy groups -OCH3 is 1. The first-order chi connectivity index (χ1) is 22.7. The minimum Gasteiger partial charge on any atom is -0.493 e. The van der Waals surface area contributed by atoms with Crippen molar-refractivity contribution in [3.8, 4) is 28.5 Å². The van der Waals surface area contributed by atoms with Crippen molar-refractivity contribution in [3.05, 3.63) is 71.2 Å². The van der Waals surface area contributed by atoms with Crippen LogP contribution in [-0.2, 0) is 22.1 Å². The van der Waals surface area contributed by atoms with Crippen molar-refractivity contribution in [2.24, 2.45) is 5.92 Å². The molecule has 0 radical (unpaired) electrons. The maximum Gasteiger partial charge on any atom is 0.424 e. The van der Waals surface area contributed by atoms with Gasteiger partial charge in [-0.05, 0) is 82.1 Å². The van der Waals surface area contributed by atoms with E-state index >= 15 is 0 Å². The predicted octanol–water partition coefficient (Wildman–Crippen LogP) is 5.13. The van der Waals surface area contributed by atoms with Crippen molar-refractivity contribution in [1.82, 2.24) is 15.0 Å². The highest BCUT2D eigenvalue weighted by Gasteiger charge is 2.58. The zero-order valence-corrected chi connectivity index (χ0v) is 29.0. The molecule has 0 aliphatic carbocycles. The molecule has 0 bridgehead atoms. The Bertz CT molecular complexity index is 1700. The average Bonchev–Trinajstić information content (AvgIpc) is 3.40. The number of alkyl halides is 3. The Balaban J connectivity index is 1.82. The summed E-state index contributed by atoms with van der Waals surface area (Å²) in [6, 6.07) is 9.81. The zero-order chi connectivity index (χ0) is 36.5. The van der Waals surface area contributed by atoms with E-state index in [1.54, 1.807) is 34.6 Å². The minimum atomic E-state index is -5.36. The molecule has 0 saturated carbocycles.